The Balaban J connectivity index is 2.16. The van der Waals surface area contributed by atoms with Gasteiger partial charge in [-0.25, -0.2) is 4.39 Å². The Bertz CT molecular complexity index is 595. The third-order valence-corrected chi connectivity index (χ3v) is 3.72. The van der Waals surface area contributed by atoms with E-state index in [4.69, 9.17) is 5.73 Å². The van der Waals surface area contributed by atoms with Crippen molar-refractivity contribution in [3.05, 3.63) is 39.0 Å². The van der Waals surface area contributed by atoms with Gasteiger partial charge < -0.3 is 11.1 Å². The average molecular weight is 374 g/mol. The molecule has 1 aromatic heterocycles. The topological polar surface area (TPSA) is 55.9 Å². The Morgan fingerprint density at radius 3 is 2.89 bits per heavy atom. The fraction of sp³-hybridized carbons (Fsp3) is 0.308. The van der Waals surface area contributed by atoms with E-state index in [2.05, 4.69) is 17.3 Å². The predicted molar refractivity (Wildman–Crippen MR) is 83.4 cm³/mol. The van der Waals surface area contributed by atoms with Crippen molar-refractivity contribution in [3.8, 4) is 0 Å². The molecule has 6 heteroatoms. The summed E-state index contributed by atoms with van der Waals surface area (Å²) in [6.45, 7) is 2.64. The Labute approximate surface area is 125 Å². The zero-order valence-corrected chi connectivity index (χ0v) is 13.0. The molecule has 2 rings (SSSR count). The first kappa shape index (κ1) is 14.1. The van der Waals surface area contributed by atoms with Crippen molar-refractivity contribution in [2.24, 2.45) is 7.05 Å². The molecule has 1 aromatic carbocycles. The first-order valence-corrected chi connectivity index (χ1v) is 7.09. The number of hydrogen-bond acceptors (Lipinski definition) is 3. The highest BCUT2D eigenvalue weighted by Crippen LogP contribution is 2.24. The smallest absolute Gasteiger partial charge is 0.138 e. The van der Waals surface area contributed by atoms with Crippen molar-refractivity contribution in [1.82, 2.24) is 9.78 Å². The van der Waals surface area contributed by atoms with Crippen LogP contribution in [0.25, 0.3) is 0 Å². The van der Waals surface area contributed by atoms with Gasteiger partial charge in [0.25, 0.3) is 0 Å². The lowest BCUT2D eigenvalue weighted by Crippen LogP contribution is -2.04. The molecule has 19 heavy (non-hydrogen) atoms. The molecule has 4 nitrogen and oxygen atoms in total. The number of nitrogen functional groups attached to an aromatic ring is 1. The Kier molecular flexibility index (Phi) is 4.28. The summed E-state index contributed by atoms with van der Waals surface area (Å²) in [5.41, 5.74) is 9.18. The van der Waals surface area contributed by atoms with E-state index in [0.717, 1.165) is 17.7 Å². The van der Waals surface area contributed by atoms with Gasteiger partial charge in [0.05, 0.1) is 20.6 Å². The molecule has 0 amide bonds. The second kappa shape index (κ2) is 5.77. The second-order valence-electron chi connectivity index (χ2n) is 4.34. The molecule has 3 N–H and O–H groups in total. The molecule has 0 saturated heterocycles. The van der Waals surface area contributed by atoms with E-state index >= 15 is 0 Å². The van der Waals surface area contributed by atoms with Crippen LogP contribution in [-0.2, 0) is 20.0 Å². The highest BCUT2D eigenvalue weighted by Gasteiger charge is 2.08. The molecule has 0 spiro atoms. The number of nitrogens with zero attached hydrogens (tertiary/aromatic N) is 2. The molecular formula is C13H16FIN4. The van der Waals surface area contributed by atoms with Crippen molar-refractivity contribution in [2.75, 3.05) is 11.1 Å². The van der Waals surface area contributed by atoms with E-state index in [1.165, 1.54) is 6.07 Å². The van der Waals surface area contributed by atoms with Gasteiger partial charge in [-0.05, 0) is 35.1 Å². The minimum absolute atomic E-state index is 0.265. The van der Waals surface area contributed by atoms with Gasteiger partial charge in [-0.2, -0.15) is 5.10 Å². The van der Waals surface area contributed by atoms with Gasteiger partial charge in [-0.15, -0.1) is 0 Å². The van der Waals surface area contributed by atoms with E-state index in [9.17, 15) is 4.39 Å². The fourth-order valence-electron chi connectivity index (χ4n) is 1.93. The summed E-state index contributed by atoms with van der Waals surface area (Å²) in [7, 11) is 1.89. The third-order valence-electron chi connectivity index (χ3n) is 2.89. The maximum Gasteiger partial charge on any atom is 0.138 e. The van der Waals surface area contributed by atoms with Crippen molar-refractivity contribution in [3.63, 3.8) is 0 Å². The van der Waals surface area contributed by atoms with Crippen LogP contribution < -0.4 is 11.1 Å². The second-order valence-corrected chi connectivity index (χ2v) is 5.50. The Morgan fingerprint density at radius 1 is 1.47 bits per heavy atom. The molecule has 0 aliphatic carbocycles. The van der Waals surface area contributed by atoms with Crippen LogP contribution in [0.1, 0.15) is 18.2 Å². The standard InChI is InChI=1S/C13H16FIN4/c1-3-12-8(7-19(2)18-12)6-17-13-4-9(14)10(15)5-11(13)16/h4-5,7,17H,3,6,16H2,1-2H3. The highest BCUT2D eigenvalue weighted by atomic mass is 127. The molecule has 0 bridgehead atoms. The average Bonchev–Trinajstić information content (AvgIpc) is 2.72. The molecular weight excluding hydrogens is 358 g/mol. The summed E-state index contributed by atoms with van der Waals surface area (Å²) in [4.78, 5) is 0. The van der Waals surface area contributed by atoms with Crippen molar-refractivity contribution >= 4 is 34.0 Å². The Morgan fingerprint density at radius 2 is 2.21 bits per heavy atom. The van der Waals surface area contributed by atoms with Crippen LogP contribution in [0.5, 0.6) is 0 Å². The van der Waals surface area contributed by atoms with Gasteiger partial charge in [0.1, 0.15) is 5.82 Å². The van der Waals surface area contributed by atoms with Crippen LogP contribution >= 0.6 is 22.6 Å². The Hall–Kier alpha value is -1.31. The summed E-state index contributed by atoms with van der Waals surface area (Å²) in [6, 6.07) is 3.06. The van der Waals surface area contributed by atoms with E-state index < -0.39 is 0 Å². The first-order chi connectivity index (χ1) is 9.01. The number of halogens is 2. The van der Waals surface area contributed by atoms with Gasteiger partial charge in [0.2, 0.25) is 0 Å². The minimum atomic E-state index is -0.265. The quantitative estimate of drug-likeness (QED) is 0.639. The first-order valence-electron chi connectivity index (χ1n) is 6.01. The van der Waals surface area contributed by atoms with E-state index in [1.807, 2.05) is 35.8 Å². The zero-order chi connectivity index (χ0) is 14.0. The van der Waals surface area contributed by atoms with Crippen LogP contribution in [0.3, 0.4) is 0 Å². The van der Waals surface area contributed by atoms with Gasteiger partial charge in [0.15, 0.2) is 0 Å². The number of nitrogens with one attached hydrogen (secondary N) is 1. The lowest BCUT2D eigenvalue weighted by Gasteiger charge is -2.10. The lowest BCUT2D eigenvalue weighted by atomic mass is 10.2. The number of nitrogens with two attached hydrogens (primary N) is 1. The van der Waals surface area contributed by atoms with Gasteiger partial charge >= 0.3 is 0 Å². The normalized spacial score (nSPS) is 10.7. The molecule has 0 unspecified atom stereocenters. The number of aryl methyl sites for hydroxylation is 2. The van der Waals surface area contributed by atoms with Gasteiger partial charge in [-0.1, -0.05) is 6.92 Å². The summed E-state index contributed by atoms with van der Waals surface area (Å²) in [6.07, 6.45) is 2.83. The minimum Gasteiger partial charge on any atom is -0.397 e. The highest BCUT2D eigenvalue weighted by molar-refractivity contribution is 14.1. The maximum absolute atomic E-state index is 13.5. The number of benzene rings is 1. The van der Waals surface area contributed by atoms with Crippen LogP contribution in [0.15, 0.2) is 18.3 Å². The summed E-state index contributed by atoms with van der Waals surface area (Å²) >= 11 is 1.93. The van der Waals surface area contributed by atoms with Crippen molar-refractivity contribution in [1.29, 1.82) is 0 Å². The number of aromatic nitrogens is 2. The van der Waals surface area contributed by atoms with E-state index in [-0.39, 0.29) is 5.82 Å². The van der Waals surface area contributed by atoms with Crippen LogP contribution in [0.2, 0.25) is 0 Å². The zero-order valence-electron chi connectivity index (χ0n) is 10.9. The summed E-state index contributed by atoms with van der Waals surface area (Å²) < 4.78 is 15.8. The van der Waals surface area contributed by atoms with E-state index in [0.29, 0.717) is 21.5 Å². The van der Waals surface area contributed by atoms with Crippen LogP contribution in [-0.4, -0.2) is 9.78 Å². The molecule has 0 radical (unpaired) electrons. The number of hydrogen-bond donors (Lipinski definition) is 2. The van der Waals surface area contributed by atoms with E-state index in [1.54, 1.807) is 10.7 Å². The van der Waals surface area contributed by atoms with Crippen LogP contribution in [0.4, 0.5) is 15.8 Å². The third kappa shape index (κ3) is 3.17. The van der Waals surface area contributed by atoms with Crippen LogP contribution in [0, 0.1) is 9.39 Å². The fourth-order valence-corrected chi connectivity index (χ4v) is 2.43. The molecule has 0 saturated carbocycles. The summed E-state index contributed by atoms with van der Waals surface area (Å²) in [5.74, 6) is -0.265. The molecule has 2 aromatic rings. The number of rotatable bonds is 4. The predicted octanol–water partition coefficient (Wildman–Crippen LogP) is 2.92. The van der Waals surface area contributed by atoms with Crippen molar-refractivity contribution < 1.29 is 4.39 Å². The van der Waals surface area contributed by atoms with Crippen molar-refractivity contribution in [2.45, 2.75) is 19.9 Å². The molecule has 0 aliphatic heterocycles. The maximum atomic E-state index is 13.5. The monoisotopic (exact) mass is 374 g/mol. The molecule has 0 atom stereocenters. The number of anilines is 2. The molecule has 1 heterocycles. The largest absolute Gasteiger partial charge is 0.397 e. The van der Waals surface area contributed by atoms with Gasteiger partial charge in [0, 0.05) is 31.4 Å². The van der Waals surface area contributed by atoms with Gasteiger partial charge in [-0.3, -0.25) is 4.68 Å². The molecule has 102 valence electrons. The molecule has 0 fully saturated rings. The SMILES string of the molecule is CCc1nn(C)cc1CNc1cc(F)c(I)cc1N. The molecule has 0 aliphatic rings. The lowest BCUT2D eigenvalue weighted by molar-refractivity contribution is 0.621. The summed E-state index contributed by atoms with van der Waals surface area (Å²) in [5, 5.41) is 7.53.